The van der Waals surface area contributed by atoms with E-state index in [0.717, 1.165) is 11.3 Å². The van der Waals surface area contributed by atoms with E-state index in [4.69, 9.17) is 14.3 Å². The molecule has 1 aromatic carbocycles. The van der Waals surface area contributed by atoms with Crippen molar-refractivity contribution in [3.63, 3.8) is 0 Å². The Bertz CT molecular complexity index is 596. The third kappa shape index (κ3) is 2.73. The molecule has 0 bridgehead atoms. The Morgan fingerprint density at radius 3 is 2.70 bits per heavy atom. The molecule has 5 heteroatoms. The summed E-state index contributed by atoms with van der Waals surface area (Å²) < 4.78 is 10.7. The lowest BCUT2D eigenvalue weighted by atomic mass is 10.1. The maximum Gasteiger partial charge on any atom is 0.216 e. The van der Waals surface area contributed by atoms with Crippen molar-refractivity contribution in [3.8, 4) is 11.5 Å². The van der Waals surface area contributed by atoms with Crippen LogP contribution in [0.4, 0.5) is 0 Å². The van der Waals surface area contributed by atoms with Gasteiger partial charge in [0.05, 0.1) is 13.3 Å². The highest BCUT2D eigenvalue weighted by Crippen LogP contribution is 2.26. The predicted octanol–water partition coefficient (Wildman–Crippen LogP) is 2.59. The number of hydroxylamine groups is 1. The average Bonchev–Trinajstić information content (AvgIpc) is 2.97. The molecule has 1 N–H and O–H groups in total. The van der Waals surface area contributed by atoms with Crippen LogP contribution in [-0.2, 0) is 4.84 Å². The summed E-state index contributed by atoms with van der Waals surface area (Å²) >= 11 is 0. The quantitative estimate of drug-likeness (QED) is 0.925. The lowest BCUT2D eigenvalue weighted by molar-refractivity contribution is 0.0273. The van der Waals surface area contributed by atoms with E-state index in [1.165, 1.54) is 0 Å². The minimum Gasteiger partial charge on any atom is -0.497 e. The molecule has 20 heavy (non-hydrogen) atoms. The normalized spacial score (nSPS) is 17.2. The van der Waals surface area contributed by atoms with E-state index in [-0.39, 0.29) is 6.10 Å². The van der Waals surface area contributed by atoms with Gasteiger partial charge in [0.25, 0.3) is 0 Å². The van der Waals surface area contributed by atoms with Gasteiger partial charge in [0, 0.05) is 12.3 Å². The number of methoxy groups -OCH3 is 1. The second-order valence-corrected chi connectivity index (χ2v) is 4.24. The second kappa shape index (κ2) is 5.63. The fourth-order valence-corrected chi connectivity index (χ4v) is 1.87. The fraction of sp³-hybridized carbons (Fsp3) is 0.133. The van der Waals surface area contributed by atoms with Gasteiger partial charge in [-0.2, -0.15) is 0 Å². The van der Waals surface area contributed by atoms with Gasteiger partial charge in [-0.05, 0) is 29.8 Å². The molecule has 3 rings (SSSR count). The Morgan fingerprint density at radius 2 is 2.00 bits per heavy atom. The number of nitrogens with zero attached hydrogens (tertiary/aromatic N) is 1. The van der Waals surface area contributed by atoms with E-state index in [1.807, 2.05) is 42.5 Å². The maximum absolute atomic E-state index is 5.61. The van der Waals surface area contributed by atoms with Crippen molar-refractivity contribution >= 4 is 0 Å². The van der Waals surface area contributed by atoms with Crippen LogP contribution >= 0.6 is 0 Å². The van der Waals surface area contributed by atoms with E-state index in [1.54, 1.807) is 19.5 Å². The number of hydrogen-bond donors (Lipinski definition) is 1. The Balaban J connectivity index is 1.70. The van der Waals surface area contributed by atoms with Crippen LogP contribution in [-0.4, -0.2) is 12.1 Å². The summed E-state index contributed by atoms with van der Waals surface area (Å²) in [5.74, 6) is 2.03. The zero-order valence-electron chi connectivity index (χ0n) is 10.9. The molecule has 2 heterocycles. The Morgan fingerprint density at radius 1 is 1.15 bits per heavy atom. The summed E-state index contributed by atoms with van der Waals surface area (Å²) in [5.41, 5.74) is 3.78. The highest BCUT2D eigenvalue weighted by molar-refractivity contribution is 5.31. The Kier molecular flexibility index (Phi) is 3.52. The highest BCUT2D eigenvalue weighted by atomic mass is 16.7. The molecule has 0 spiro atoms. The second-order valence-electron chi connectivity index (χ2n) is 4.24. The standard InChI is InChI=1S/C15H14N2O3/c1-18-12-6-4-11(5-7-12)14-9-15(17-20-14)19-13-3-2-8-16-10-13/h2-10,14,17H,1H3/t14-/m0/s1. The van der Waals surface area contributed by atoms with Gasteiger partial charge < -0.3 is 9.47 Å². The third-order valence-corrected chi connectivity index (χ3v) is 2.90. The smallest absolute Gasteiger partial charge is 0.216 e. The van der Waals surface area contributed by atoms with Gasteiger partial charge in [0.15, 0.2) is 0 Å². The van der Waals surface area contributed by atoms with Crippen molar-refractivity contribution in [2.75, 3.05) is 7.11 Å². The van der Waals surface area contributed by atoms with Gasteiger partial charge in [-0.25, -0.2) is 5.48 Å². The van der Waals surface area contributed by atoms with Gasteiger partial charge in [-0.1, -0.05) is 12.1 Å². The molecule has 0 saturated carbocycles. The lowest BCUT2D eigenvalue weighted by Crippen LogP contribution is -2.12. The molecule has 0 fully saturated rings. The first-order chi connectivity index (χ1) is 9.85. The first-order valence-electron chi connectivity index (χ1n) is 6.20. The molecule has 1 aliphatic heterocycles. The Labute approximate surface area is 116 Å². The van der Waals surface area contributed by atoms with Crippen LogP contribution in [0.25, 0.3) is 0 Å². The molecular weight excluding hydrogens is 256 g/mol. The third-order valence-electron chi connectivity index (χ3n) is 2.90. The van der Waals surface area contributed by atoms with E-state index in [2.05, 4.69) is 10.5 Å². The topological polar surface area (TPSA) is 52.6 Å². The van der Waals surface area contributed by atoms with E-state index in [0.29, 0.717) is 11.6 Å². The number of aromatic nitrogens is 1. The zero-order valence-corrected chi connectivity index (χ0v) is 10.9. The molecule has 5 nitrogen and oxygen atoms in total. The fourth-order valence-electron chi connectivity index (χ4n) is 1.87. The van der Waals surface area contributed by atoms with Crippen LogP contribution in [0.3, 0.4) is 0 Å². The number of pyridine rings is 1. The SMILES string of the molecule is COc1ccc([C@@H]2C=C(Oc3cccnc3)NO2)cc1. The first kappa shape index (κ1) is 12.5. The molecule has 1 aliphatic rings. The molecule has 1 aromatic heterocycles. The lowest BCUT2D eigenvalue weighted by Gasteiger charge is -2.08. The van der Waals surface area contributed by atoms with Gasteiger partial charge in [-0.15, -0.1) is 0 Å². The number of nitrogens with one attached hydrogen (secondary N) is 1. The van der Waals surface area contributed by atoms with Crippen LogP contribution in [0, 0.1) is 0 Å². The summed E-state index contributed by atoms with van der Waals surface area (Å²) in [6, 6.07) is 11.3. The number of hydrogen-bond acceptors (Lipinski definition) is 5. The van der Waals surface area contributed by atoms with E-state index in [9.17, 15) is 0 Å². The van der Waals surface area contributed by atoms with Crippen molar-refractivity contribution < 1.29 is 14.3 Å². The maximum atomic E-state index is 5.61. The molecule has 0 unspecified atom stereocenters. The van der Waals surface area contributed by atoms with Crippen molar-refractivity contribution in [1.82, 2.24) is 10.5 Å². The van der Waals surface area contributed by atoms with Crippen LogP contribution in [0.15, 0.2) is 60.8 Å². The molecule has 1 atom stereocenters. The number of ether oxygens (including phenoxy) is 2. The summed E-state index contributed by atoms with van der Waals surface area (Å²) in [5, 5.41) is 0. The number of rotatable bonds is 4. The van der Waals surface area contributed by atoms with Crippen molar-refractivity contribution in [3.05, 3.63) is 66.3 Å². The summed E-state index contributed by atoms with van der Waals surface area (Å²) in [6.07, 6.45) is 5.02. The zero-order chi connectivity index (χ0) is 13.8. The largest absolute Gasteiger partial charge is 0.497 e. The van der Waals surface area contributed by atoms with Gasteiger partial charge >= 0.3 is 0 Å². The van der Waals surface area contributed by atoms with Crippen LogP contribution < -0.4 is 15.0 Å². The van der Waals surface area contributed by atoms with Crippen LogP contribution in [0.5, 0.6) is 11.5 Å². The van der Waals surface area contributed by atoms with Crippen LogP contribution in [0.1, 0.15) is 11.7 Å². The van der Waals surface area contributed by atoms with Gasteiger partial charge in [-0.3, -0.25) is 9.82 Å². The van der Waals surface area contributed by atoms with Crippen molar-refractivity contribution in [2.45, 2.75) is 6.10 Å². The van der Waals surface area contributed by atoms with Gasteiger partial charge in [0.2, 0.25) is 5.88 Å². The molecule has 0 radical (unpaired) electrons. The van der Waals surface area contributed by atoms with E-state index >= 15 is 0 Å². The highest BCUT2D eigenvalue weighted by Gasteiger charge is 2.19. The average molecular weight is 270 g/mol. The molecule has 2 aromatic rings. The minimum atomic E-state index is -0.187. The number of benzene rings is 1. The Hall–Kier alpha value is -2.53. The molecule has 102 valence electrons. The molecule has 0 amide bonds. The first-order valence-corrected chi connectivity index (χ1v) is 6.20. The molecule has 0 saturated heterocycles. The minimum absolute atomic E-state index is 0.187. The molecule has 0 aliphatic carbocycles. The summed E-state index contributed by atoms with van der Waals surface area (Å²) in [4.78, 5) is 9.46. The monoisotopic (exact) mass is 270 g/mol. The van der Waals surface area contributed by atoms with E-state index < -0.39 is 0 Å². The predicted molar refractivity (Wildman–Crippen MR) is 72.9 cm³/mol. The van der Waals surface area contributed by atoms with Gasteiger partial charge in [0.1, 0.15) is 17.6 Å². The van der Waals surface area contributed by atoms with Crippen LogP contribution in [0.2, 0.25) is 0 Å². The summed E-state index contributed by atoms with van der Waals surface area (Å²) in [7, 11) is 1.64. The van der Waals surface area contributed by atoms with Crippen molar-refractivity contribution in [1.29, 1.82) is 0 Å². The van der Waals surface area contributed by atoms with Crippen molar-refractivity contribution in [2.24, 2.45) is 0 Å². The summed E-state index contributed by atoms with van der Waals surface area (Å²) in [6.45, 7) is 0. The molecular formula is C15H14N2O3.